The predicted molar refractivity (Wildman–Crippen MR) is 73.5 cm³/mol. The molecule has 100 valence electrons. The van der Waals surface area contributed by atoms with Crippen LogP contribution in [0.15, 0.2) is 16.7 Å². The van der Waals surface area contributed by atoms with E-state index in [0.29, 0.717) is 6.54 Å². The number of rotatable bonds is 3. The zero-order valence-corrected chi connectivity index (χ0v) is 12.2. The number of piperidine rings is 1. The van der Waals surface area contributed by atoms with E-state index in [-0.39, 0.29) is 18.4 Å². The molecule has 0 aliphatic carbocycles. The van der Waals surface area contributed by atoms with E-state index in [9.17, 15) is 9.90 Å². The highest BCUT2D eigenvalue weighted by molar-refractivity contribution is 9.10. The molecule has 1 unspecified atom stereocenters. The Hall–Kier alpha value is -0.810. The smallest absolute Gasteiger partial charge is 0.270 e. The van der Waals surface area contributed by atoms with Crippen molar-refractivity contribution in [1.29, 1.82) is 0 Å². The summed E-state index contributed by atoms with van der Waals surface area (Å²) in [5.41, 5.74) is 0.725. The Balaban J connectivity index is 2.14. The van der Waals surface area contributed by atoms with E-state index >= 15 is 0 Å². The van der Waals surface area contributed by atoms with Gasteiger partial charge in [-0.25, -0.2) is 0 Å². The number of aromatic nitrogens is 1. The summed E-state index contributed by atoms with van der Waals surface area (Å²) < 4.78 is 2.89. The lowest BCUT2D eigenvalue weighted by atomic mass is 9.99. The Labute approximate surface area is 116 Å². The molecule has 18 heavy (non-hydrogen) atoms. The largest absolute Gasteiger partial charge is 0.396 e. The summed E-state index contributed by atoms with van der Waals surface area (Å²) in [6.45, 7) is 4.44. The maximum Gasteiger partial charge on any atom is 0.270 e. The lowest BCUT2D eigenvalue weighted by Gasteiger charge is -2.32. The van der Waals surface area contributed by atoms with Crippen LogP contribution in [0, 0.1) is 5.92 Å². The minimum atomic E-state index is 0.0701. The molecule has 1 saturated heterocycles. The molecule has 0 radical (unpaired) electrons. The number of carbonyl (C=O) groups excluding carboxylic acids is 1. The third-order valence-electron chi connectivity index (χ3n) is 3.49. The first-order chi connectivity index (χ1) is 8.65. The van der Waals surface area contributed by atoms with Crippen molar-refractivity contribution in [3.8, 4) is 0 Å². The van der Waals surface area contributed by atoms with Crippen LogP contribution >= 0.6 is 15.9 Å². The zero-order chi connectivity index (χ0) is 13.1. The summed E-state index contributed by atoms with van der Waals surface area (Å²) in [6.07, 6.45) is 3.92. The van der Waals surface area contributed by atoms with Gasteiger partial charge in [0.2, 0.25) is 0 Å². The summed E-state index contributed by atoms with van der Waals surface area (Å²) in [6, 6.07) is 1.87. The maximum absolute atomic E-state index is 12.5. The molecule has 1 aliphatic rings. The molecule has 1 amide bonds. The van der Waals surface area contributed by atoms with Gasteiger partial charge in [0.15, 0.2) is 0 Å². The molecule has 1 aromatic heterocycles. The van der Waals surface area contributed by atoms with E-state index in [2.05, 4.69) is 15.9 Å². The van der Waals surface area contributed by atoms with Crippen molar-refractivity contribution < 1.29 is 9.90 Å². The quantitative estimate of drug-likeness (QED) is 0.928. The average Bonchev–Trinajstić information content (AvgIpc) is 2.79. The van der Waals surface area contributed by atoms with Gasteiger partial charge in [0.05, 0.1) is 0 Å². The fourth-order valence-electron chi connectivity index (χ4n) is 2.48. The zero-order valence-electron chi connectivity index (χ0n) is 10.6. The molecule has 0 saturated carbocycles. The van der Waals surface area contributed by atoms with Crippen LogP contribution in [0.25, 0.3) is 0 Å². The van der Waals surface area contributed by atoms with Crippen LogP contribution < -0.4 is 0 Å². The van der Waals surface area contributed by atoms with Gasteiger partial charge in [-0.3, -0.25) is 4.79 Å². The van der Waals surface area contributed by atoms with Gasteiger partial charge >= 0.3 is 0 Å². The predicted octanol–water partition coefficient (Wildman–Crippen LogP) is 2.11. The van der Waals surface area contributed by atoms with Gasteiger partial charge in [-0.05, 0) is 47.7 Å². The van der Waals surface area contributed by atoms with Crippen LogP contribution in [0.1, 0.15) is 30.3 Å². The molecule has 0 aromatic carbocycles. The van der Waals surface area contributed by atoms with Crippen LogP contribution in [0.4, 0.5) is 0 Å². The molecular weight excluding hydrogens is 296 g/mol. The standard InChI is InChI=1S/C13H19BrN2O2/c1-2-15-8-11(14)6-12(15)13(18)16-5-3-4-10(7-16)9-17/h6,8,10,17H,2-5,7,9H2,1H3. The van der Waals surface area contributed by atoms with Gasteiger partial charge in [-0.15, -0.1) is 0 Å². The first-order valence-electron chi connectivity index (χ1n) is 6.41. The molecule has 0 spiro atoms. The first-order valence-corrected chi connectivity index (χ1v) is 7.20. The SMILES string of the molecule is CCn1cc(Br)cc1C(=O)N1CCCC(CO)C1. The van der Waals surface area contributed by atoms with Crippen LogP contribution in [-0.2, 0) is 6.54 Å². The van der Waals surface area contributed by atoms with Gasteiger partial charge in [0.1, 0.15) is 5.69 Å². The molecule has 1 aliphatic heterocycles. The van der Waals surface area contributed by atoms with Gasteiger partial charge in [0.25, 0.3) is 5.91 Å². The number of aliphatic hydroxyl groups excluding tert-OH is 1. The molecule has 1 atom stereocenters. The van der Waals surface area contributed by atoms with E-state index < -0.39 is 0 Å². The van der Waals surface area contributed by atoms with Crippen molar-refractivity contribution in [2.75, 3.05) is 19.7 Å². The Morgan fingerprint density at radius 1 is 1.61 bits per heavy atom. The molecule has 2 heterocycles. The molecule has 2 rings (SSSR count). The number of halogens is 1. The van der Waals surface area contributed by atoms with Gasteiger partial charge < -0.3 is 14.6 Å². The highest BCUT2D eigenvalue weighted by Crippen LogP contribution is 2.21. The van der Waals surface area contributed by atoms with E-state index in [1.54, 1.807) is 0 Å². The van der Waals surface area contributed by atoms with Crippen molar-refractivity contribution in [3.05, 3.63) is 22.4 Å². The third-order valence-corrected chi connectivity index (χ3v) is 3.92. The van der Waals surface area contributed by atoms with Crippen LogP contribution in [0.5, 0.6) is 0 Å². The van der Waals surface area contributed by atoms with Crippen molar-refractivity contribution in [2.24, 2.45) is 5.92 Å². The van der Waals surface area contributed by atoms with Gasteiger partial charge in [-0.1, -0.05) is 0 Å². The Kier molecular flexibility index (Phi) is 4.45. The number of aliphatic hydroxyl groups is 1. The lowest BCUT2D eigenvalue weighted by molar-refractivity contribution is 0.0610. The normalized spacial score (nSPS) is 20.2. The van der Waals surface area contributed by atoms with Crippen LogP contribution in [0.3, 0.4) is 0 Å². The summed E-state index contributed by atoms with van der Waals surface area (Å²) in [5.74, 6) is 0.303. The first kappa shape index (κ1) is 13.6. The second-order valence-electron chi connectivity index (χ2n) is 4.77. The van der Waals surface area contributed by atoms with E-state index in [1.807, 2.05) is 28.7 Å². The fraction of sp³-hybridized carbons (Fsp3) is 0.615. The summed E-state index contributed by atoms with van der Waals surface area (Å²) in [7, 11) is 0. The number of hydrogen-bond donors (Lipinski definition) is 1. The van der Waals surface area contributed by atoms with Gasteiger partial charge in [0, 0.05) is 36.9 Å². The molecule has 5 heteroatoms. The van der Waals surface area contributed by atoms with Crippen LogP contribution in [0.2, 0.25) is 0 Å². The second-order valence-corrected chi connectivity index (χ2v) is 5.69. The topological polar surface area (TPSA) is 45.5 Å². The lowest BCUT2D eigenvalue weighted by Crippen LogP contribution is -2.41. The molecular formula is C13H19BrN2O2. The number of aryl methyl sites for hydroxylation is 1. The average molecular weight is 315 g/mol. The van der Waals surface area contributed by atoms with E-state index in [0.717, 1.165) is 36.1 Å². The highest BCUT2D eigenvalue weighted by Gasteiger charge is 2.25. The Morgan fingerprint density at radius 2 is 2.39 bits per heavy atom. The number of carbonyl (C=O) groups is 1. The molecule has 1 aromatic rings. The fourth-order valence-corrected chi connectivity index (χ4v) is 2.94. The van der Waals surface area contributed by atoms with Crippen molar-refractivity contribution in [1.82, 2.24) is 9.47 Å². The van der Waals surface area contributed by atoms with E-state index in [4.69, 9.17) is 0 Å². The van der Waals surface area contributed by atoms with Crippen LogP contribution in [-0.4, -0.2) is 40.2 Å². The maximum atomic E-state index is 12.5. The summed E-state index contributed by atoms with van der Waals surface area (Å²) >= 11 is 3.41. The molecule has 1 N–H and O–H groups in total. The van der Waals surface area contributed by atoms with Gasteiger partial charge in [-0.2, -0.15) is 0 Å². The number of likely N-dealkylation sites (tertiary alicyclic amines) is 1. The van der Waals surface area contributed by atoms with Crippen molar-refractivity contribution >= 4 is 21.8 Å². The number of amides is 1. The minimum absolute atomic E-state index is 0.0701. The van der Waals surface area contributed by atoms with Crippen molar-refractivity contribution in [3.63, 3.8) is 0 Å². The molecule has 1 fully saturated rings. The molecule has 4 nitrogen and oxygen atoms in total. The van der Waals surface area contributed by atoms with Crippen molar-refractivity contribution in [2.45, 2.75) is 26.3 Å². The highest BCUT2D eigenvalue weighted by atomic mass is 79.9. The Morgan fingerprint density at radius 3 is 3.06 bits per heavy atom. The number of hydrogen-bond acceptors (Lipinski definition) is 2. The Bertz CT molecular complexity index is 431. The van der Waals surface area contributed by atoms with E-state index in [1.165, 1.54) is 0 Å². The third kappa shape index (κ3) is 2.78. The number of nitrogens with zero attached hydrogens (tertiary/aromatic N) is 2. The summed E-state index contributed by atoms with van der Waals surface area (Å²) in [5, 5.41) is 9.22. The second kappa shape index (κ2) is 5.89. The summed E-state index contributed by atoms with van der Waals surface area (Å²) in [4.78, 5) is 14.3. The molecule has 0 bridgehead atoms. The minimum Gasteiger partial charge on any atom is -0.396 e. The monoisotopic (exact) mass is 314 g/mol.